The highest BCUT2D eigenvalue weighted by Gasteiger charge is 2.39. The van der Waals surface area contributed by atoms with E-state index >= 15 is 0 Å². The van der Waals surface area contributed by atoms with Crippen LogP contribution in [0.15, 0.2) is 30.5 Å². The predicted molar refractivity (Wildman–Crippen MR) is 85.4 cm³/mol. The minimum atomic E-state index is -4.62. The maximum absolute atomic E-state index is 13.9. The molecule has 1 saturated heterocycles. The number of anilines is 2. The molecule has 5 nitrogen and oxygen atoms in total. The second-order valence-corrected chi connectivity index (χ2v) is 5.88. The molecule has 9 heteroatoms. The van der Waals surface area contributed by atoms with Gasteiger partial charge in [0.1, 0.15) is 11.4 Å². The third kappa shape index (κ3) is 3.51. The van der Waals surface area contributed by atoms with Gasteiger partial charge in [0.25, 0.3) is 0 Å². The first kappa shape index (κ1) is 17.4. The quantitative estimate of drug-likeness (QED) is 0.502. The summed E-state index contributed by atoms with van der Waals surface area (Å²) < 4.78 is 54.1. The van der Waals surface area contributed by atoms with Crippen molar-refractivity contribution in [3.63, 3.8) is 0 Å². The van der Waals surface area contributed by atoms with Crippen LogP contribution in [0.1, 0.15) is 29.9 Å². The highest BCUT2D eigenvalue weighted by atomic mass is 19.4. The van der Waals surface area contributed by atoms with Gasteiger partial charge in [0.15, 0.2) is 5.82 Å². The second-order valence-electron chi connectivity index (χ2n) is 5.88. The fourth-order valence-corrected chi connectivity index (χ4v) is 3.23. The van der Waals surface area contributed by atoms with E-state index in [0.717, 1.165) is 6.20 Å². The molecule has 0 unspecified atom stereocenters. The van der Waals surface area contributed by atoms with E-state index in [9.17, 15) is 17.6 Å². The number of hydrazine groups is 1. The smallest absolute Gasteiger partial charge is 0.370 e. The maximum atomic E-state index is 13.9. The summed E-state index contributed by atoms with van der Waals surface area (Å²) in [5.41, 5.74) is 1.56. The number of aromatic nitrogens is 2. The van der Waals surface area contributed by atoms with Gasteiger partial charge in [0, 0.05) is 13.1 Å². The summed E-state index contributed by atoms with van der Waals surface area (Å²) in [7, 11) is 0. The van der Waals surface area contributed by atoms with Crippen LogP contribution < -0.4 is 16.2 Å². The molecule has 2 aromatic rings. The van der Waals surface area contributed by atoms with Crippen LogP contribution in [-0.4, -0.2) is 23.3 Å². The number of halogens is 4. The highest BCUT2D eigenvalue weighted by molar-refractivity contribution is 5.63. The molecule has 0 spiro atoms. The van der Waals surface area contributed by atoms with Crippen LogP contribution in [0.25, 0.3) is 0 Å². The zero-order valence-electron chi connectivity index (χ0n) is 13.2. The van der Waals surface area contributed by atoms with Gasteiger partial charge >= 0.3 is 6.18 Å². The molecule has 0 amide bonds. The van der Waals surface area contributed by atoms with Gasteiger partial charge in [-0.1, -0.05) is 18.2 Å². The summed E-state index contributed by atoms with van der Waals surface area (Å²) in [5.74, 6) is 4.33. The van der Waals surface area contributed by atoms with Crippen LogP contribution in [0.2, 0.25) is 0 Å². The Morgan fingerprint density at radius 1 is 1.16 bits per heavy atom. The predicted octanol–water partition coefficient (Wildman–Crippen LogP) is 3.30. The third-order valence-electron chi connectivity index (χ3n) is 4.43. The van der Waals surface area contributed by atoms with Gasteiger partial charge < -0.3 is 10.3 Å². The van der Waals surface area contributed by atoms with Crippen LogP contribution in [-0.2, 0) is 6.18 Å². The number of nitrogen functional groups attached to an aromatic ring is 1. The molecule has 1 aliphatic rings. The van der Waals surface area contributed by atoms with Crippen molar-refractivity contribution < 1.29 is 17.6 Å². The summed E-state index contributed by atoms with van der Waals surface area (Å²) in [4.78, 5) is 1.59. The first-order chi connectivity index (χ1) is 11.9. The molecule has 0 saturated carbocycles. The molecule has 0 atom stereocenters. The number of nitrogens with one attached hydrogen (secondary N) is 1. The standard InChI is InChI=1S/C16H17F4N5/c17-12-4-2-1-3-11(12)10-5-7-25(8-6-10)13-9-22-24-15(23-21)14(13)16(18,19)20/h1-4,9-10H,5-8,21H2,(H,23,24). The lowest BCUT2D eigenvalue weighted by atomic mass is 9.89. The molecule has 1 aromatic heterocycles. The molecular formula is C16H17F4N5. The maximum Gasteiger partial charge on any atom is 0.422 e. The van der Waals surface area contributed by atoms with Crippen molar-refractivity contribution in [2.24, 2.45) is 5.84 Å². The number of alkyl halides is 3. The first-order valence-electron chi connectivity index (χ1n) is 7.80. The van der Waals surface area contributed by atoms with E-state index in [4.69, 9.17) is 5.84 Å². The minimum absolute atomic E-state index is 0.0197. The average molecular weight is 355 g/mol. The minimum Gasteiger partial charge on any atom is -0.370 e. The van der Waals surface area contributed by atoms with Gasteiger partial charge in [-0.15, -0.1) is 5.10 Å². The zero-order chi connectivity index (χ0) is 18.0. The van der Waals surface area contributed by atoms with E-state index in [1.165, 1.54) is 6.07 Å². The Hall–Kier alpha value is -2.42. The second kappa shape index (κ2) is 6.83. The van der Waals surface area contributed by atoms with Crippen molar-refractivity contribution in [3.05, 3.63) is 47.4 Å². The number of benzene rings is 1. The Morgan fingerprint density at radius 2 is 1.84 bits per heavy atom. The summed E-state index contributed by atoms with van der Waals surface area (Å²) in [6.45, 7) is 0.718. The van der Waals surface area contributed by atoms with Crippen molar-refractivity contribution in [2.75, 3.05) is 23.4 Å². The molecule has 3 rings (SSSR count). The molecule has 134 valence electrons. The summed E-state index contributed by atoms with van der Waals surface area (Å²) in [5, 5.41) is 7.01. The number of rotatable bonds is 3. The molecule has 0 radical (unpaired) electrons. The van der Waals surface area contributed by atoms with E-state index in [-0.39, 0.29) is 17.4 Å². The van der Waals surface area contributed by atoms with Crippen LogP contribution in [0.4, 0.5) is 29.1 Å². The molecule has 3 N–H and O–H groups in total. The van der Waals surface area contributed by atoms with Crippen molar-refractivity contribution in [2.45, 2.75) is 24.9 Å². The fraction of sp³-hybridized carbons (Fsp3) is 0.375. The molecule has 0 bridgehead atoms. The Morgan fingerprint density at radius 3 is 2.44 bits per heavy atom. The molecular weight excluding hydrogens is 338 g/mol. The summed E-state index contributed by atoms with van der Waals surface area (Å²) >= 11 is 0. The molecule has 25 heavy (non-hydrogen) atoms. The van der Waals surface area contributed by atoms with Gasteiger partial charge in [0.2, 0.25) is 0 Å². The van der Waals surface area contributed by atoms with E-state index < -0.39 is 17.6 Å². The Bertz CT molecular complexity index is 742. The van der Waals surface area contributed by atoms with E-state index in [2.05, 4.69) is 10.2 Å². The Labute approximate surface area is 141 Å². The van der Waals surface area contributed by atoms with E-state index in [1.54, 1.807) is 23.1 Å². The molecule has 1 aliphatic heterocycles. The largest absolute Gasteiger partial charge is 0.422 e. The normalized spacial score (nSPS) is 16.1. The SMILES string of the molecule is NNc1nncc(N2CCC(c3ccccc3F)CC2)c1C(F)(F)F. The van der Waals surface area contributed by atoms with Crippen molar-refractivity contribution in [1.82, 2.24) is 10.2 Å². The zero-order valence-corrected chi connectivity index (χ0v) is 13.2. The van der Waals surface area contributed by atoms with Crippen molar-refractivity contribution in [3.8, 4) is 0 Å². The molecule has 0 aliphatic carbocycles. The molecule has 2 heterocycles. The molecule has 1 aromatic carbocycles. The number of hydrogen-bond acceptors (Lipinski definition) is 5. The monoisotopic (exact) mass is 355 g/mol. The van der Waals surface area contributed by atoms with Gasteiger partial charge in [0.05, 0.1) is 11.9 Å². The average Bonchev–Trinajstić information content (AvgIpc) is 2.61. The Balaban J connectivity index is 1.83. The van der Waals surface area contributed by atoms with Crippen LogP contribution in [0, 0.1) is 5.82 Å². The summed E-state index contributed by atoms with van der Waals surface area (Å²) in [6.07, 6.45) is -2.43. The van der Waals surface area contributed by atoms with E-state index in [1.807, 2.05) is 5.43 Å². The Kier molecular flexibility index (Phi) is 4.76. The molecule has 1 fully saturated rings. The lowest BCUT2D eigenvalue weighted by Gasteiger charge is -2.35. The van der Waals surface area contributed by atoms with Crippen LogP contribution in [0.3, 0.4) is 0 Å². The first-order valence-corrected chi connectivity index (χ1v) is 7.80. The van der Waals surface area contributed by atoms with Gasteiger partial charge in [-0.05, 0) is 30.4 Å². The number of hydrogen-bond donors (Lipinski definition) is 2. The van der Waals surface area contributed by atoms with Gasteiger partial charge in [-0.25, -0.2) is 10.2 Å². The highest BCUT2D eigenvalue weighted by Crippen LogP contribution is 2.41. The fourth-order valence-electron chi connectivity index (χ4n) is 3.23. The third-order valence-corrected chi connectivity index (χ3v) is 4.43. The van der Waals surface area contributed by atoms with Crippen LogP contribution in [0.5, 0.6) is 0 Å². The van der Waals surface area contributed by atoms with Gasteiger partial charge in [-0.3, -0.25) is 0 Å². The van der Waals surface area contributed by atoms with Crippen molar-refractivity contribution >= 4 is 11.5 Å². The lowest BCUT2D eigenvalue weighted by molar-refractivity contribution is -0.136. The van der Waals surface area contributed by atoms with Crippen LogP contribution >= 0.6 is 0 Å². The lowest BCUT2D eigenvalue weighted by Crippen LogP contribution is -2.35. The number of nitrogens with zero attached hydrogens (tertiary/aromatic N) is 3. The summed E-state index contributed by atoms with van der Waals surface area (Å²) in [6, 6.07) is 6.50. The topological polar surface area (TPSA) is 67.1 Å². The van der Waals surface area contributed by atoms with Gasteiger partial charge in [-0.2, -0.15) is 18.3 Å². The van der Waals surface area contributed by atoms with E-state index in [0.29, 0.717) is 31.5 Å². The number of piperidine rings is 1. The number of nitrogens with two attached hydrogens (primary N) is 1. The van der Waals surface area contributed by atoms with Crippen molar-refractivity contribution in [1.29, 1.82) is 0 Å².